The number of anilines is 1. The average molecular weight is 304 g/mol. The molecule has 0 N–H and O–H groups in total. The third kappa shape index (κ3) is 2.52. The SMILES string of the molecule is Cc1ccc2c(ccn2CC(=O)N2CCCc3ccccc32)c1. The summed E-state index contributed by atoms with van der Waals surface area (Å²) in [6, 6.07) is 16.7. The Morgan fingerprint density at radius 1 is 1.13 bits per heavy atom. The van der Waals surface area contributed by atoms with Crippen LogP contribution in [-0.2, 0) is 17.8 Å². The van der Waals surface area contributed by atoms with Crippen LogP contribution in [-0.4, -0.2) is 17.0 Å². The van der Waals surface area contributed by atoms with Crippen LogP contribution in [0.4, 0.5) is 5.69 Å². The van der Waals surface area contributed by atoms with Gasteiger partial charge >= 0.3 is 0 Å². The van der Waals surface area contributed by atoms with Crippen molar-refractivity contribution in [2.75, 3.05) is 11.4 Å². The molecule has 3 heteroatoms. The van der Waals surface area contributed by atoms with Gasteiger partial charge in [-0.15, -0.1) is 0 Å². The predicted molar refractivity (Wildman–Crippen MR) is 93.8 cm³/mol. The first-order valence-corrected chi connectivity index (χ1v) is 8.16. The number of aryl methyl sites for hydroxylation is 2. The molecule has 3 nitrogen and oxygen atoms in total. The van der Waals surface area contributed by atoms with Crippen LogP contribution in [0.1, 0.15) is 17.5 Å². The minimum Gasteiger partial charge on any atom is -0.338 e. The highest BCUT2D eigenvalue weighted by Gasteiger charge is 2.22. The van der Waals surface area contributed by atoms with Crippen molar-refractivity contribution in [3.8, 4) is 0 Å². The van der Waals surface area contributed by atoms with Gasteiger partial charge in [0.25, 0.3) is 0 Å². The van der Waals surface area contributed by atoms with Gasteiger partial charge in [-0.1, -0.05) is 29.8 Å². The van der Waals surface area contributed by atoms with Crippen molar-refractivity contribution in [2.24, 2.45) is 0 Å². The van der Waals surface area contributed by atoms with Gasteiger partial charge < -0.3 is 9.47 Å². The summed E-state index contributed by atoms with van der Waals surface area (Å²) in [7, 11) is 0. The quantitative estimate of drug-likeness (QED) is 0.704. The number of benzene rings is 2. The molecular formula is C20H20N2O. The maximum atomic E-state index is 12.8. The highest BCUT2D eigenvalue weighted by Crippen LogP contribution is 2.27. The van der Waals surface area contributed by atoms with E-state index in [-0.39, 0.29) is 5.91 Å². The predicted octanol–water partition coefficient (Wildman–Crippen LogP) is 3.93. The molecule has 2 aromatic carbocycles. The zero-order valence-electron chi connectivity index (χ0n) is 13.3. The van der Waals surface area contributed by atoms with Gasteiger partial charge in [0.15, 0.2) is 0 Å². The van der Waals surface area contributed by atoms with Crippen molar-refractivity contribution in [1.82, 2.24) is 4.57 Å². The monoisotopic (exact) mass is 304 g/mol. The van der Waals surface area contributed by atoms with Crippen molar-refractivity contribution in [1.29, 1.82) is 0 Å². The molecule has 4 rings (SSSR count). The summed E-state index contributed by atoms with van der Waals surface area (Å²) < 4.78 is 2.05. The second-order valence-corrected chi connectivity index (χ2v) is 6.28. The molecule has 0 unspecified atom stereocenters. The minimum atomic E-state index is 0.162. The van der Waals surface area contributed by atoms with Crippen molar-refractivity contribution in [3.05, 3.63) is 65.9 Å². The van der Waals surface area contributed by atoms with Crippen LogP contribution in [0.2, 0.25) is 0 Å². The Bertz CT molecular complexity index is 878. The van der Waals surface area contributed by atoms with Gasteiger partial charge in [-0.25, -0.2) is 0 Å². The lowest BCUT2D eigenvalue weighted by molar-refractivity contribution is -0.119. The zero-order chi connectivity index (χ0) is 15.8. The van der Waals surface area contributed by atoms with E-state index in [2.05, 4.69) is 49.4 Å². The first-order valence-electron chi connectivity index (χ1n) is 8.16. The van der Waals surface area contributed by atoms with E-state index in [1.807, 2.05) is 21.7 Å². The largest absolute Gasteiger partial charge is 0.338 e. The normalized spacial score (nSPS) is 14.0. The molecule has 0 radical (unpaired) electrons. The first-order chi connectivity index (χ1) is 11.2. The molecule has 0 saturated carbocycles. The Labute approximate surface area is 136 Å². The van der Waals surface area contributed by atoms with E-state index in [1.165, 1.54) is 16.5 Å². The molecular weight excluding hydrogens is 284 g/mol. The topological polar surface area (TPSA) is 25.2 Å². The average Bonchev–Trinajstić information content (AvgIpc) is 2.96. The summed E-state index contributed by atoms with van der Waals surface area (Å²) in [4.78, 5) is 14.8. The number of hydrogen-bond acceptors (Lipinski definition) is 1. The van der Waals surface area contributed by atoms with Crippen LogP contribution >= 0.6 is 0 Å². The lowest BCUT2D eigenvalue weighted by Crippen LogP contribution is -2.37. The molecule has 1 amide bonds. The summed E-state index contributed by atoms with van der Waals surface area (Å²) in [5.41, 5.74) is 4.72. The molecule has 0 bridgehead atoms. The summed E-state index contributed by atoms with van der Waals surface area (Å²) in [6.07, 6.45) is 4.11. The van der Waals surface area contributed by atoms with Gasteiger partial charge in [0.1, 0.15) is 6.54 Å². The second-order valence-electron chi connectivity index (χ2n) is 6.28. The fourth-order valence-corrected chi connectivity index (χ4v) is 3.48. The Morgan fingerprint density at radius 3 is 2.91 bits per heavy atom. The van der Waals surface area contributed by atoms with E-state index in [0.717, 1.165) is 30.6 Å². The van der Waals surface area contributed by atoms with Crippen LogP contribution in [0.25, 0.3) is 10.9 Å². The smallest absolute Gasteiger partial charge is 0.246 e. The molecule has 1 aliphatic rings. The Balaban J connectivity index is 1.63. The van der Waals surface area contributed by atoms with Crippen molar-refractivity contribution < 1.29 is 4.79 Å². The summed E-state index contributed by atoms with van der Waals surface area (Å²) in [5.74, 6) is 0.162. The molecule has 0 aliphatic carbocycles. The number of aromatic nitrogens is 1. The number of rotatable bonds is 2. The van der Waals surface area contributed by atoms with E-state index >= 15 is 0 Å². The number of carbonyl (C=O) groups excluding carboxylic acids is 1. The fraction of sp³-hybridized carbons (Fsp3) is 0.250. The molecule has 0 atom stereocenters. The van der Waals surface area contributed by atoms with Gasteiger partial charge in [0, 0.05) is 23.9 Å². The number of para-hydroxylation sites is 1. The molecule has 116 valence electrons. The number of hydrogen-bond donors (Lipinski definition) is 0. The van der Waals surface area contributed by atoms with Crippen LogP contribution in [0.15, 0.2) is 54.7 Å². The molecule has 0 fully saturated rings. The Hall–Kier alpha value is -2.55. The number of fused-ring (bicyclic) bond motifs is 2. The third-order valence-corrected chi connectivity index (χ3v) is 4.64. The molecule has 3 aromatic rings. The lowest BCUT2D eigenvalue weighted by Gasteiger charge is -2.29. The van der Waals surface area contributed by atoms with Gasteiger partial charge in [0.2, 0.25) is 5.91 Å². The number of nitrogens with zero attached hydrogens (tertiary/aromatic N) is 2. The van der Waals surface area contributed by atoms with Gasteiger partial charge in [-0.05, 0) is 55.0 Å². The minimum absolute atomic E-state index is 0.162. The van der Waals surface area contributed by atoms with E-state index in [4.69, 9.17) is 0 Å². The Morgan fingerprint density at radius 2 is 2.00 bits per heavy atom. The van der Waals surface area contributed by atoms with E-state index < -0.39 is 0 Å². The second kappa shape index (κ2) is 5.58. The molecule has 2 heterocycles. The van der Waals surface area contributed by atoms with Gasteiger partial charge in [-0.3, -0.25) is 4.79 Å². The van der Waals surface area contributed by atoms with Crippen LogP contribution in [0.5, 0.6) is 0 Å². The fourth-order valence-electron chi connectivity index (χ4n) is 3.48. The third-order valence-electron chi connectivity index (χ3n) is 4.64. The van der Waals surface area contributed by atoms with Gasteiger partial charge in [0.05, 0.1) is 0 Å². The lowest BCUT2D eigenvalue weighted by atomic mass is 10.0. The summed E-state index contributed by atoms with van der Waals surface area (Å²) >= 11 is 0. The molecule has 23 heavy (non-hydrogen) atoms. The maximum absolute atomic E-state index is 12.8. The van der Waals surface area contributed by atoms with E-state index in [9.17, 15) is 4.79 Å². The van der Waals surface area contributed by atoms with Crippen LogP contribution in [0, 0.1) is 6.92 Å². The molecule has 0 saturated heterocycles. The van der Waals surface area contributed by atoms with E-state index in [0.29, 0.717) is 6.54 Å². The molecule has 1 aliphatic heterocycles. The highest BCUT2D eigenvalue weighted by atomic mass is 16.2. The van der Waals surface area contributed by atoms with Crippen molar-refractivity contribution in [3.63, 3.8) is 0 Å². The standard InChI is InChI=1S/C20H20N2O/c1-15-8-9-18-17(13-15)10-12-21(18)14-20(23)22-11-4-6-16-5-2-3-7-19(16)22/h2-3,5,7-10,12-13H,4,6,11,14H2,1H3. The van der Waals surface area contributed by atoms with Gasteiger partial charge in [-0.2, -0.15) is 0 Å². The van der Waals surface area contributed by atoms with Crippen LogP contribution < -0.4 is 4.90 Å². The van der Waals surface area contributed by atoms with Crippen molar-refractivity contribution in [2.45, 2.75) is 26.3 Å². The Kier molecular flexibility index (Phi) is 3.41. The highest BCUT2D eigenvalue weighted by molar-refractivity contribution is 5.95. The van der Waals surface area contributed by atoms with Crippen molar-refractivity contribution >= 4 is 22.5 Å². The maximum Gasteiger partial charge on any atom is 0.246 e. The zero-order valence-corrected chi connectivity index (χ0v) is 13.3. The van der Waals surface area contributed by atoms with Crippen LogP contribution in [0.3, 0.4) is 0 Å². The summed E-state index contributed by atoms with van der Waals surface area (Å²) in [5, 5.41) is 1.19. The van der Waals surface area contributed by atoms with E-state index in [1.54, 1.807) is 0 Å². The number of carbonyl (C=O) groups is 1. The molecule has 1 aromatic heterocycles. The first kappa shape index (κ1) is 14.1. The number of amides is 1. The molecule has 0 spiro atoms. The summed E-state index contributed by atoms with van der Waals surface area (Å²) in [6.45, 7) is 3.29.